The third-order valence-electron chi connectivity index (χ3n) is 3.50. The Morgan fingerprint density at radius 2 is 1.89 bits per heavy atom. The molecule has 0 saturated carbocycles. The maximum atomic E-state index is 12.4. The van der Waals surface area contributed by atoms with E-state index < -0.39 is 0 Å². The predicted octanol–water partition coefficient (Wildman–Crippen LogP) is 2.20. The van der Waals surface area contributed by atoms with Gasteiger partial charge in [0.25, 0.3) is 5.91 Å². The van der Waals surface area contributed by atoms with Crippen molar-refractivity contribution in [3.05, 3.63) is 35.4 Å². The minimum atomic E-state index is 0.177. The quantitative estimate of drug-likeness (QED) is 0.888. The number of nitrogens with zero attached hydrogens (tertiary/aromatic N) is 1. The van der Waals surface area contributed by atoms with Gasteiger partial charge in [-0.05, 0) is 43.5 Å². The summed E-state index contributed by atoms with van der Waals surface area (Å²) in [7, 11) is 0. The molecule has 1 aromatic rings. The second kappa shape index (κ2) is 6.55. The van der Waals surface area contributed by atoms with Crippen LogP contribution in [0.2, 0.25) is 0 Å². The summed E-state index contributed by atoms with van der Waals surface area (Å²) < 4.78 is 0. The molecule has 1 aromatic carbocycles. The Kier molecular flexibility index (Phi) is 4.76. The van der Waals surface area contributed by atoms with Crippen LogP contribution in [0.5, 0.6) is 0 Å². The number of rotatable bonds is 3. The lowest BCUT2D eigenvalue weighted by atomic mass is 10.1. The molecule has 1 fully saturated rings. The van der Waals surface area contributed by atoms with E-state index in [4.69, 9.17) is 5.73 Å². The van der Waals surface area contributed by atoms with Crippen molar-refractivity contribution in [2.45, 2.75) is 32.1 Å². The number of hydrogen-bond donors (Lipinski definition) is 1. The average Bonchev–Trinajstić information content (AvgIpc) is 2.67. The fourth-order valence-electron chi connectivity index (χ4n) is 2.48. The summed E-state index contributed by atoms with van der Waals surface area (Å²) in [5.41, 5.74) is 7.51. The van der Waals surface area contributed by atoms with E-state index in [-0.39, 0.29) is 5.91 Å². The summed E-state index contributed by atoms with van der Waals surface area (Å²) in [6.07, 6.45) is 5.59. The fourth-order valence-corrected chi connectivity index (χ4v) is 2.48. The van der Waals surface area contributed by atoms with Crippen LogP contribution in [0.4, 0.5) is 0 Å². The van der Waals surface area contributed by atoms with E-state index >= 15 is 0 Å². The topological polar surface area (TPSA) is 46.3 Å². The highest BCUT2D eigenvalue weighted by Crippen LogP contribution is 2.14. The molecule has 18 heavy (non-hydrogen) atoms. The molecule has 98 valence electrons. The maximum absolute atomic E-state index is 12.4. The van der Waals surface area contributed by atoms with Crippen LogP contribution < -0.4 is 5.73 Å². The van der Waals surface area contributed by atoms with E-state index in [0.29, 0.717) is 6.54 Å². The predicted molar refractivity (Wildman–Crippen MR) is 73.6 cm³/mol. The van der Waals surface area contributed by atoms with Crippen LogP contribution in [-0.2, 0) is 6.42 Å². The minimum absolute atomic E-state index is 0.177. The van der Waals surface area contributed by atoms with Crippen molar-refractivity contribution in [1.29, 1.82) is 0 Å². The Morgan fingerprint density at radius 3 is 2.56 bits per heavy atom. The van der Waals surface area contributed by atoms with E-state index in [2.05, 4.69) is 0 Å². The highest BCUT2D eigenvalue weighted by molar-refractivity contribution is 5.94. The van der Waals surface area contributed by atoms with Gasteiger partial charge in [-0.2, -0.15) is 0 Å². The van der Waals surface area contributed by atoms with E-state index in [1.165, 1.54) is 12.8 Å². The second-order valence-corrected chi connectivity index (χ2v) is 4.95. The van der Waals surface area contributed by atoms with Crippen LogP contribution in [0.15, 0.2) is 24.3 Å². The van der Waals surface area contributed by atoms with Gasteiger partial charge in [-0.1, -0.05) is 25.0 Å². The molecule has 3 nitrogen and oxygen atoms in total. The number of amides is 1. The van der Waals surface area contributed by atoms with Gasteiger partial charge in [-0.3, -0.25) is 4.79 Å². The molecule has 0 unspecified atom stereocenters. The van der Waals surface area contributed by atoms with Crippen molar-refractivity contribution in [2.24, 2.45) is 5.73 Å². The van der Waals surface area contributed by atoms with E-state index in [1.54, 1.807) is 0 Å². The first kappa shape index (κ1) is 13.1. The molecule has 0 spiro atoms. The molecule has 1 saturated heterocycles. The Bertz CT molecular complexity index is 395. The third kappa shape index (κ3) is 3.33. The van der Waals surface area contributed by atoms with Crippen molar-refractivity contribution >= 4 is 5.91 Å². The molecule has 0 aromatic heterocycles. The Morgan fingerprint density at radius 1 is 1.17 bits per heavy atom. The van der Waals surface area contributed by atoms with Gasteiger partial charge in [0.15, 0.2) is 0 Å². The largest absolute Gasteiger partial charge is 0.339 e. The van der Waals surface area contributed by atoms with Crippen LogP contribution in [0.1, 0.15) is 41.6 Å². The van der Waals surface area contributed by atoms with Crippen LogP contribution in [0.3, 0.4) is 0 Å². The molecule has 0 atom stereocenters. The summed E-state index contributed by atoms with van der Waals surface area (Å²) in [4.78, 5) is 14.4. The van der Waals surface area contributed by atoms with Gasteiger partial charge >= 0.3 is 0 Å². The van der Waals surface area contributed by atoms with E-state index in [9.17, 15) is 4.79 Å². The van der Waals surface area contributed by atoms with Gasteiger partial charge in [-0.25, -0.2) is 0 Å². The molecule has 0 bridgehead atoms. The molecule has 1 heterocycles. The number of carbonyl (C=O) groups excluding carboxylic acids is 1. The van der Waals surface area contributed by atoms with Crippen LogP contribution in [0, 0.1) is 0 Å². The molecule has 0 aliphatic carbocycles. The van der Waals surface area contributed by atoms with Gasteiger partial charge in [0, 0.05) is 18.7 Å². The zero-order chi connectivity index (χ0) is 12.8. The molecule has 1 amide bonds. The first-order valence-electron chi connectivity index (χ1n) is 6.89. The number of carbonyl (C=O) groups is 1. The van der Waals surface area contributed by atoms with Gasteiger partial charge in [0.1, 0.15) is 0 Å². The Labute approximate surface area is 109 Å². The normalized spacial score (nSPS) is 16.4. The number of hydrogen-bond acceptors (Lipinski definition) is 2. The van der Waals surface area contributed by atoms with Crippen molar-refractivity contribution in [3.8, 4) is 0 Å². The maximum Gasteiger partial charge on any atom is 0.253 e. The smallest absolute Gasteiger partial charge is 0.253 e. The third-order valence-corrected chi connectivity index (χ3v) is 3.50. The Hall–Kier alpha value is -1.35. The van der Waals surface area contributed by atoms with Gasteiger partial charge in [-0.15, -0.1) is 0 Å². The van der Waals surface area contributed by atoms with Crippen LogP contribution in [0.25, 0.3) is 0 Å². The van der Waals surface area contributed by atoms with Crippen molar-refractivity contribution < 1.29 is 4.79 Å². The van der Waals surface area contributed by atoms with Crippen LogP contribution in [-0.4, -0.2) is 30.4 Å². The molecular weight excluding hydrogens is 224 g/mol. The lowest BCUT2D eigenvalue weighted by molar-refractivity contribution is 0.0761. The molecule has 2 rings (SSSR count). The molecule has 3 heteroatoms. The summed E-state index contributed by atoms with van der Waals surface area (Å²) in [6, 6.07) is 7.88. The first-order valence-corrected chi connectivity index (χ1v) is 6.89. The molecule has 1 aliphatic rings. The lowest BCUT2D eigenvalue weighted by Crippen LogP contribution is -2.31. The van der Waals surface area contributed by atoms with Gasteiger partial charge < -0.3 is 10.6 Å². The number of likely N-dealkylation sites (tertiary alicyclic amines) is 1. The van der Waals surface area contributed by atoms with Crippen molar-refractivity contribution in [1.82, 2.24) is 4.90 Å². The molecule has 0 radical (unpaired) electrons. The number of nitrogens with two attached hydrogens (primary N) is 1. The zero-order valence-corrected chi connectivity index (χ0v) is 10.9. The average molecular weight is 246 g/mol. The van der Waals surface area contributed by atoms with Gasteiger partial charge in [0.2, 0.25) is 0 Å². The summed E-state index contributed by atoms with van der Waals surface area (Å²) in [5.74, 6) is 0.177. The lowest BCUT2D eigenvalue weighted by Gasteiger charge is -2.20. The summed E-state index contributed by atoms with van der Waals surface area (Å²) in [6.45, 7) is 2.43. The monoisotopic (exact) mass is 246 g/mol. The Balaban J connectivity index is 2.09. The van der Waals surface area contributed by atoms with Crippen molar-refractivity contribution in [3.63, 3.8) is 0 Å². The highest BCUT2D eigenvalue weighted by atomic mass is 16.2. The molecular formula is C15H22N2O. The van der Waals surface area contributed by atoms with Gasteiger partial charge in [0.05, 0.1) is 0 Å². The molecule has 1 aliphatic heterocycles. The van der Waals surface area contributed by atoms with Crippen LogP contribution >= 0.6 is 0 Å². The summed E-state index contributed by atoms with van der Waals surface area (Å²) >= 11 is 0. The first-order chi connectivity index (χ1) is 8.81. The minimum Gasteiger partial charge on any atom is -0.339 e. The van der Waals surface area contributed by atoms with E-state index in [0.717, 1.165) is 43.5 Å². The van der Waals surface area contributed by atoms with E-state index in [1.807, 2.05) is 29.2 Å². The fraction of sp³-hybridized carbons (Fsp3) is 0.533. The standard InChI is InChI=1S/C15H22N2O/c16-9-8-13-6-5-7-14(12-13)15(18)17-10-3-1-2-4-11-17/h5-7,12H,1-4,8-11,16H2. The second-order valence-electron chi connectivity index (χ2n) is 4.95. The summed E-state index contributed by atoms with van der Waals surface area (Å²) in [5, 5.41) is 0. The SMILES string of the molecule is NCCc1cccc(C(=O)N2CCCCCC2)c1. The zero-order valence-electron chi connectivity index (χ0n) is 10.9. The molecule has 2 N–H and O–H groups in total. The van der Waals surface area contributed by atoms with Crippen molar-refractivity contribution in [2.75, 3.05) is 19.6 Å². The number of benzene rings is 1. The highest BCUT2D eigenvalue weighted by Gasteiger charge is 2.17.